The molecule has 0 aromatic carbocycles. The van der Waals surface area contributed by atoms with Gasteiger partial charge in [0.05, 0.1) is 25.9 Å². The second-order valence-corrected chi connectivity index (χ2v) is 4.42. The van der Waals surface area contributed by atoms with Gasteiger partial charge in [0.25, 0.3) is 0 Å². The zero-order valence-electron chi connectivity index (χ0n) is 9.34. The van der Waals surface area contributed by atoms with Crippen LogP contribution in [0.5, 0.6) is 0 Å². The monoisotopic (exact) mass is 214 g/mol. The van der Waals surface area contributed by atoms with Gasteiger partial charge in [0.15, 0.2) is 0 Å². The fourth-order valence-electron chi connectivity index (χ4n) is 2.19. The van der Waals surface area contributed by atoms with E-state index in [9.17, 15) is 0 Å². The van der Waals surface area contributed by atoms with Crippen molar-refractivity contribution in [3.05, 3.63) is 0 Å². The molecule has 2 N–H and O–H groups in total. The van der Waals surface area contributed by atoms with Gasteiger partial charge in [-0.25, -0.2) is 0 Å². The molecule has 2 fully saturated rings. The third-order valence-corrected chi connectivity index (χ3v) is 3.15. The zero-order valence-corrected chi connectivity index (χ0v) is 9.34. The molecule has 1 unspecified atom stereocenters. The molecule has 2 aliphatic heterocycles. The average Bonchev–Trinajstić information content (AvgIpc) is 2.32. The molecule has 0 amide bonds. The van der Waals surface area contributed by atoms with E-state index in [2.05, 4.69) is 10.6 Å². The van der Waals surface area contributed by atoms with Crippen LogP contribution in [0.1, 0.15) is 12.8 Å². The highest BCUT2D eigenvalue weighted by atomic mass is 16.6. The first kappa shape index (κ1) is 11.3. The van der Waals surface area contributed by atoms with Gasteiger partial charge in [-0.15, -0.1) is 0 Å². The minimum Gasteiger partial charge on any atom is -0.376 e. The van der Waals surface area contributed by atoms with Crippen molar-refractivity contribution in [1.29, 1.82) is 0 Å². The van der Waals surface area contributed by atoms with E-state index < -0.39 is 0 Å². The third-order valence-electron chi connectivity index (χ3n) is 3.15. The molecule has 0 bridgehead atoms. The average molecular weight is 214 g/mol. The zero-order chi connectivity index (χ0) is 10.3. The van der Waals surface area contributed by atoms with E-state index in [0.29, 0.717) is 0 Å². The second kappa shape index (κ2) is 6.43. The molecule has 2 rings (SSSR count). The predicted molar refractivity (Wildman–Crippen MR) is 59.0 cm³/mol. The molecule has 0 aromatic rings. The molecule has 1 atom stereocenters. The molecule has 4 nitrogen and oxygen atoms in total. The van der Waals surface area contributed by atoms with Gasteiger partial charge in [0.1, 0.15) is 0 Å². The van der Waals surface area contributed by atoms with Crippen LogP contribution in [0.3, 0.4) is 0 Å². The normalized spacial score (nSPS) is 29.2. The second-order valence-electron chi connectivity index (χ2n) is 4.42. The third kappa shape index (κ3) is 4.07. The van der Waals surface area contributed by atoms with E-state index >= 15 is 0 Å². The lowest BCUT2D eigenvalue weighted by atomic mass is 9.98. The summed E-state index contributed by atoms with van der Waals surface area (Å²) >= 11 is 0. The largest absolute Gasteiger partial charge is 0.376 e. The van der Waals surface area contributed by atoms with Gasteiger partial charge < -0.3 is 20.1 Å². The SMILES string of the molecule is C1CC(CNCC2COCCO2)CCN1. The first-order chi connectivity index (χ1) is 7.45. The predicted octanol–water partition coefficient (Wildman–Crippen LogP) is -0.00900. The van der Waals surface area contributed by atoms with Crippen molar-refractivity contribution in [3.63, 3.8) is 0 Å². The van der Waals surface area contributed by atoms with Gasteiger partial charge >= 0.3 is 0 Å². The summed E-state index contributed by atoms with van der Waals surface area (Å²) in [6.45, 7) is 6.67. The van der Waals surface area contributed by atoms with Crippen LogP contribution in [0, 0.1) is 5.92 Å². The Kier molecular flexibility index (Phi) is 4.86. The smallest absolute Gasteiger partial charge is 0.0933 e. The molecule has 15 heavy (non-hydrogen) atoms. The molecule has 2 saturated heterocycles. The fraction of sp³-hybridized carbons (Fsp3) is 1.00. The summed E-state index contributed by atoms with van der Waals surface area (Å²) in [5.41, 5.74) is 0. The molecule has 0 spiro atoms. The highest BCUT2D eigenvalue weighted by Crippen LogP contribution is 2.09. The van der Waals surface area contributed by atoms with Crippen LogP contribution in [0.2, 0.25) is 0 Å². The van der Waals surface area contributed by atoms with Crippen LogP contribution in [0.4, 0.5) is 0 Å². The Balaban J connectivity index is 1.53. The van der Waals surface area contributed by atoms with Crippen LogP contribution < -0.4 is 10.6 Å². The summed E-state index contributed by atoms with van der Waals surface area (Å²) in [6, 6.07) is 0. The van der Waals surface area contributed by atoms with Crippen LogP contribution in [-0.2, 0) is 9.47 Å². The first-order valence-electron chi connectivity index (χ1n) is 6.06. The van der Waals surface area contributed by atoms with Gasteiger partial charge in [-0.3, -0.25) is 0 Å². The van der Waals surface area contributed by atoms with Gasteiger partial charge in [0, 0.05) is 6.54 Å². The summed E-state index contributed by atoms with van der Waals surface area (Å²) in [5.74, 6) is 0.843. The van der Waals surface area contributed by atoms with Gasteiger partial charge in [-0.2, -0.15) is 0 Å². The van der Waals surface area contributed by atoms with Crippen molar-refractivity contribution in [1.82, 2.24) is 10.6 Å². The maximum Gasteiger partial charge on any atom is 0.0933 e. The number of ether oxygens (including phenoxy) is 2. The Morgan fingerprint density at radius 3 is 2.73 bits per heavy atom. The lowest BCUT2D eigenvalue weighted by Gasteiger charge is -2.26. The lowest BCUT2D eigenvalue weighted by Crippen LogP contribution is -2.40. The minimum atomic E-state index is 0.264. The van der Waals surface area contributed by atoms with Gasteiger partial charge in [-0.1, -0.05) is 0 Å². The quantitative estimate of drug-likeness (QED) is 0.691. The first-order valence-corrected chi connectivity index (χ1v) is 6.06. The Hall–Kier alpha value is -0.160. The van der Waals surface area contributed by atoms with E-state index in [1.807, 2.05) is 0 Å². The number of hydrogen-bond acceptors (Lipinski definition) is 4. The molecule has 0 radical (unpaired) electrons. The number of hydrogen-bond donors (Lipinski definition) is 2. The van der Waals surface area contributed by atoms with Crippen LogP contribution >= 0.6 is 0 Å². The van der Waals surface area contributed by atoms with Crippen molar-refractivity contribution in [3.8, 4) is 0 Å². The van der Waals surface area contributed by atoms with E-state index in [-0.39, 0.29) is 6.10 Å². The van der Waals surface area contributed by atoms with Crippen molar-refractivity contribution in [2.24, 2.45) is 5.92 Å². The molecule has 2 heterocycles. The molecule has 0 saturated carbocycles. The van der Waals surface area contributed by atoms with E-state index in [0.717, 1.165) is 38.8 Å². The molecule has 4 heteroatoms. The van der Waals surface area contributed by atoms with E-state index in [1.165, 1.54) is 25.9 Å². The molecular weight excluding hydrogens is 192 g/mol. The molecule has 88 valence electrons. The van der Waals surface area contributed by atoms with Crippen molar-refractivity contribution < 1.29 is 9.47 Å². The standard InChI is InChI=1S/C11H22N2O2/c1-3-12-4-2-10(1)7-13-8-11-9-14-5-6-15-11/h10-13H,1-9H2. The highest BCUT2D eigenvalue weighted by Gasteiger charge is 2.16. The summed E-state index contributed by atoms with van der Waals surface area (Å²) in [7, 11) is 0. The Morgan fingerprint density at radius 2 is 2.00 bits per heavy atom. The fourth-order valence-corrected chi connectivity index (χ4v) is 2.19. The number of rotatable bonds is 4. The molecule has 2 aliphatic rings. The summed E-state index contributed by atoms with van der Waals surface area (Å²) in [4.78, 5) is 0. The van der Waals surface area contributed by atoms with Gasteiger partial charge in [0.2, 0.25) is 0 Å². The van der Waals surface area contributed by atoms with Crippen LogP contribution in [0.15, 0.2) is 0 Å². The minimum absolute atomic E-state index is 0.264. The number of nitrogens with one attached hydrogen (secondary N) is 2. The maximum absolute atomic E-state index is 5.57. The van der Waals surface area contributed by atoms with Crippen molar-refractivity contribution in [2.45, 2.75) is 18.9 Å². The van der Waals surface area contributed by atoms with Crippen molar-refractivity contribution >= 4 is 0 Å². The Bertz CT molecular complexity index is 148. The summed E-state index contributed by atoms with van der Waals surface area (Å²) < 4.78 is 10.9. The van der Waals surface area contributed by atoms with Crippen LogP contribution in [-0.4, -0.2) is 52.1 Å². The molecule has 0 aliphatic carbocycles. The Morgan fingerprint density at radius 1 is 1.13 bits per heavy atom. The van der Waals surface area contributed by atoms with E-state index in [4.69, 9.17) is 9.47 Å². The maximum atomic E-state index is 5.57. The number of piperidine rings is 1. The van der Waals surface area contributed by atoms with Crippen LogP contribution in [0.25, 0.3) is 0 Å². The molecule has 0 aromatic heterocycles. The summed E-state index contributed by atoms with van der Waals surface area (Å²) in [6.07, 6.45) is 2.87. The lowest BCUT2D eigenvalue weighted by molar-refractivity contribution is -0.0865. The van der Waals surface area contributed by atoms with Crippen molar-refractivity contribution in [2.75, 3.05) is 46.0 Å². The Labute approximate surface area is 91.7 Å². The highest BCUT2D eigenvalue weighted by molar-refractivity contribution is 4.72. The molecular formula is C11H22N2O2. The topological polar surface area (TPSA) is 42.5 Å². The van der Waals surface area contributed by atoms with E-state index in [1.54, 1.807) is 0 Å². The summed E-state index contributed by atoms with van der Waals surface area (Å²) in [5, 5.41) is 6.87. The van der Waals surface area contributed by atoms with Gasteiger partial charge in [-0.05, 0) is 38.4 Å².